The maximum Gasteiger partial charge on any atom is 0.228 e. The molecule has 2 rings (SSSR count). The smallest absolute Gasteiger partial charge is 0.228 e. The lowest BCUT2D eigenvalue weighted by Crippen LogP contribution is -2.11. The lowest BCUT2D eigenvalue weighted by atomic mass is 10.0. The largest absolute Gasteiger partial charge is 0.494 e. The maximum absolute atomic E-state index is 12.4. The van der Waals surface area contributed by atoms with E-state index in [9.17, 15) is 4.79 Å². The van der Waals surface area contributed by atoms with Gasteiger partial charge in [0.15, 0.2) is 5.82 Å². The summed E-state index contributed by atoms with van der Waals surface area (Å²) in [5, 5.41) is 0. The summed E-state index contributed by atoms with van der Waals surface area (Å²) in [6.07, 6.45) is 3.40. The van der Waals surface area contributed by atoms with Gasteiger partial charge in [-0.1, -0.05) is 0 Å². The molecular weight excluding hydrogens is 240 g/mol. The topological polar surface area (TPSA) is 44.1 Å². The van der Waals surface area contributed by atoms with Gasteiger partial charge in [0.05, 0.1) is 6.61 Å². The first-order chi connectivity index (χ1) is 9.04. The molecule has 4 nitrogen and oxygen atoms in total. The Hall–Kier alpha value is -2.10. The Kier molecular flexibility index (Phi) is 3.69. The van der Waals surface area contributed by atoms with Crippen molar-refractivity contribution >= 4 is 5.78 Å². The number of ether oxygens (including phenoxy) is 1. The molecule has 0 N–H and O–H groups in total. The molecule has 4 heteroatoms. The summed E-state index contributed by atoms with van der Waals surface area (Å²) in [7, 11) is 1.82. The van der Waals surface area contributed by atoms with Crippen LogP contribution in [-0.4, -0.2) is 21.9 Å². The van der Waals surface area contributed by atoms with Crippen molar-refractivity contribution in [2.24, 2.45) is 7.05 Å². The number of carbonyl (C=O) groups excluding carboxylic acids is 1. The standard InChI is InChI=1S/C15H18N2O2/c1-5-19-13-9-10(2)12(8-11(13)3)14(18)15-16-6-7-17(15)4/h6-9H,5H2,1-4H3. The van der Waals surface area contributed by atoms with Crippen LogP contribution < -0.4 is 4.74 Å². The number of aromatic nitrogens is 2. The third-order valence-electron chi connectivity index (χ3n) is 3.09. The van der Waals surface area contributed by atoms with Gasteiger partial charge in [0.25, 0.3) is 0 Å². The van der Waals surface area contributed by atoms with Gasteiger partial charge in [-0.05, 0) is 44.0 Å². The molecule has 1 aromatic heterocycles. The van der Waals surface area contributed by atoms with Gasteiger partial charge in [0.1, 0.15) is 5.75 Å². The number of carbonyl (C=O) groups is 1. The first-order valence-corrected chi connectivity index (χ1v) is 6.30. The van der Waals surface area contributed by atoms with Crippen molar-refractivity contribution in [3.05, 3.63) is 47.0 Å². The van der Waals surface area contributed by atoms with Gasteiger partial charge in [-0.25, -0.2) is 4.98 Å². The Balaban J connectivity index is 2.44. The molecule has 0 aliphatic carbocycles. The first kappa shape index (κ1) is 13.3. The van der Waals surface area contributed by atoms with Gasteiger partial charge in [0.2, 0.25) is 5.78 Å². The van der Waals surface area contributed by atoms with Crippen molar-refractivity contribution in [2.75, 3.05) is 6.61 Å². The molecular formula is C15H18N2O2. The van der Waals surface area contributed by atoms with Crippen LogP contribution >= 0.6 is 0 Å². The molecule has 0 saturated heterocycles. The number of hydrogen-bond acceptors (Lipinski definition) is 3. The Morgan fingerprint density at radius 2 is 2.05 bits per heavy atom. The van der Waals surface area contributed by atoms with Crippen molar-refractivity contribution in [1.29, 1.82) is 0 Å². The number of imidazole rings is 1. The monoisotopic (exact) mass is 258 g/mol. The first-order valence-electron chi connectivity index (χ1n) is 6.30. The van der Waals surface area contributed by atoms with E-state index in [1.807, 2.05) is 40.0 Å². The van der Waals surface area contributed by atoms with Crippen molar-refractivity contribution in [2.45, 2.75) is 20.8 Å². The fourth-order valence-electron chi connectivity index (χ4n) is 2.05. The van der Waals surface area contributed by atoms with Gasteiger partial charge in [-0.15, -0.1) is 0 Å². The van der Waals surface area contributed by atoms with E-state index >= 15 is 0 Å². The van der Waals surface area contributed by atoms with Gasteiger partial charge in [0, 0.05) is 25.0 Å². The van der Waals surface area contributed by atoms with Crippen molar-refractivity contribution in [3.8, 4) is 5.75 Å². The van der Waals surface area contributed by atoms with Crippen LogP contribution in [0, 0.1) is 13.8 Å². The predicted molar refractivity (Wildman–Crippen MR) is 73.7 cm³/mol. The van der Waals surface area contributed by atoms with E-state index in [1.54, 1.807) is 17.0 Å². The van der Waals surface area contributed by atoms with Gasteiger partial charge in [-0.3, -0.25) is 4.79 Å². The number of rotatable bonds is 4. The zero-order valence-corrected chi connectivity index (χ0v) is 11.7. The lowest BCUT2D eigenvalue weighted by Gasteiger charge is -2.11. The second kappa shape index (κ2) is 5.26. The predicted octanol–water partition coefficient (Wildman–Crippen LogP) is 2.67. The summed E-state index contributed by atoms with van der Waals surface area (Å²) in [6, 6.07) is 3.78. The van der Waals surface area contributed by atoms with Gasteiger partial charge >= 0.3 is 0 Å². The van der Waals surface area contributed by atoms with Crippen LogP contribution in [0.4, 0.5) is 0 Å². The number of ketones is 1. The van der Waals surface area contributed by atoms with E-state index in [4.69, 9.17) is 4.74 Å². The van der Waals surface area contributed by atoms with Gasteiger partial charge in [-0.2, -0.15) is 0 Å². The second-order valence-corrected chi connectivity index (χ2v) is 4.56. The molecule has 0 atom stereocenters. The molecule has 0 amide bonds. The molecule has 0 saturated carbocycles. The minimum absolute atomic E-state index is 0.0591. The summed E-state index contributed by atoms with van der Waals surface area (Å²) in [5.41, 5.74) is 2.54. The van der Waals surface area contributed by atoms with Gasteiger partial charge < -0.3 is 9.30 Å². The highest BCUT2D eigenvalue weighted by Crippen LogP contribution is 2.24. The number of benzene rings is 1. The van der Waals surface area contributed by atoms with Crippen LogP contribution in [0.3, 0.4) is 0 Å². The van der Waals surface area contributed by atoms with Crippen LogP contribution in [0.1, 0.15) is 34.2 Å². The summed E-state index contributed by atoms with van der Waals surface area (Å²) >= 11 is 0. The molecule has 0 fully saturated rings. The van der Waals surface area contributed by atoms with E-state index in [2.05, 4.69) is 4.98 Å². The Morgan fingerprint density at radius 3 is 2.63 bits per heavy atom. The molecule has 19 heavy (non-hydrogen) atoms. The van der Waals surface area contributed by atoms with Crippen molar-refractivity contribution < 1.29 is 9.53 Å². The second-order valence-electron chi connectivity index (χ2n) is 4.56. The highest BCUT2D eigenvalue weighted by Gasteiger charge is 2.17. The molecule has 1 aromatic carbocycles. The highest BCUT2D eigenvalue weighted by molar-refractivity contribution is 6.07. The highest BCUT2D eigenvalue weighted by atomic mass is 16.5. The Bertz CT molecular complexity index is 615. The minimum atomic E-state index is -0.0591. The Labute approximate surface area is 113 Å². The van der Waals surface area contributed by atoms with Crippen LogP contribution in [0.25, 0.3) is 0 Å². The van der Waals surface area contributed by atoms with Crippen molar-refractivity contribution in [1.82, 2.24) is 9.55 Å². The van der Waals surface area contributed by atoms with E-state index in [0.29, 0.717) is 18.0 Å². The third-order valence-corrected chi connectivity index (χ3v) is 3.09. The average molecular weight is 258 g/mol. The molecule has 0 aliphatic rings. The zero-order valence-electron chi connectivity index (χ0n) is 11.7. The summed E-state index contributed by atoms with van der Waals surface area (Å²) in [6.45, 7) is 6.42. The van der Waals surface area contributed by atoms with Crippen LogP contribution in [0.5, 0.6) is 5.75 Å². The quantitative estimate of drug-likeness (QED) is 0.792. The molecule has 1 heterocycles. The zero-order chi connectivity index (χ0) is 14.0. The molecule has 0 radical (unpaired) electrons. The van der Waals surface area contributed by atoms with E-state index < -0.39 is 0 Å². The maximum atomic E-state index is 12.4. The van der Waals surface area contributed by atoms with E-state index in [-0.39, 0.29) is 5.78 Å². The number of nitrogens with zero attached hydrogens (tertiary/aromatic N) is 2. The molecule has 2 aromatic rings. The molecule has 0 bridgehead atoms. The van der Waals surface area contributed by atoms with Crippen LogP contribution in [0.2, 0.25) is 0 Å². The third kappa shape index (κ3) is 2.52. The normalized spacial score (nSPS) is 10.5. The van der Waals surface area contributed by atoms with Crippen molar-refractivity contribution in [3.63, 3.8) is 0 Å². The Morgan fingerprint density at radius 1 is 1.32 bits per heavy atom. The molecule has 0 unspecified atom stereocenters. The number of hydrogen-bond donors (Lipinski definition) is 0. The summed E-state index contributed by atoms with van der Waals surface area (Å²) < 4.78 is 7.26. The average Bonchev–Trinajstić information content (AvgIpc) is 2.79. The molecule has 0 spiro atoms. The summed E-state index contributed by atoms with van der Waals surface area (Å²) in [4.78, 5) is 16.6. The fraction of sp³-hybridized carbons (Fsp3) is 0.333. The van der Waals surface area contributed by atoms with E-state index in [0.717, 1.165) is 16.9 Å². The van der Waals surface area contributed by atoms with E-state index in [1.165, 1.54) is 0 Å². The molecule has 0 aliphatic heterocycles. The fourth-order valence-corrected chi connectivity index (χ4v) is 2.05. The minimum Gasteiger partial charge on any atom is -0.494 e. The number of aryl methyl sites for hydroxylation is 3. The summed E-state index contributed by atoms with van der Waals surface area (Å²) in [5.74, 6) is 1.22. The SMILES string of the molecule is CCOc1cc(C)c(C(=O)c2nccn2C)cc1C. The lowest BCUT2D eigenvalue weighted by molar-refractivity contribution is 0.102. The van der Waals surface area contributed by atoms with Crippen LogP contribution in [-0.2, 0) is 7.05 Å². The van der Waals surface area contributed by atoms with Crippen LogP contribution in [0.15, 0.2) is 24.5 Å². The molecule has 100 valence electrons.